The van der Waals surface area contributed by atoms with Crippen molar-refractivity contribution in [1.29, 1.82) is 0 Å². The lowest BCUT2D eigenvalue weighted by Gasteiger charge is -2.40. The molecule has 1 amide bonds. The van der Waals surface area contributed by atoms with Crippen LogP contribution in [0, 0.1) is 0 Å². The van der Waals surface area contributed by atoms with Crippen molar-refractivity contribution in [3.05, 3.63) is 12.2 Å². The first-order valence-corrected chi connectivity index (χ1v) is 27.4. The summed E-state index contributed by atoms with van der Waals surface area (Å²) in [6, 6.07) is -0.710. The number of aliphatic hydroxyl groups excluding tert-OH is 5. The number of carbonyl (C=O) groups is 1. The molecule has 0 aliphatic carbocycles. The largest absolute Gasteiger partial charge is 0.394 e. The van der Waals surface area contributed by atoms with Gasteiger partial charge in [0.25, 0.3) is 0 Å². The number of hydrogen-bond acceptors (Lipinski definition) is 8. The smallest absolute Gasteiger partial charge is 0.220 e. The summed E-state index contributed by atoms with van der Waals surface area (Å²) in [5.74, 6) is -0.146. The maximum atomic E-state index is 12.9. The van der Waals surface area contributed by atoms with Crippen LogP contribution in [0.15, 0.2) is 12.2 Å². The Balaban J connectivity index is 1.95. The average Bonchev–Trinajstić information content (AvgIpc) is 3.28. The van der Waals surface area contributed by atoms with E-state index in [-0.39, 0.29) is 12.5 Å². The molecule has 1 aliphatic heterocycles. The molecule has 0 aromatic heterocycles. The van der Waals surface area contributed by atoms with Crippen LogP contribution in [-0.2, 0) is 14.3 Å². The van der Waals surface area contributed by atoms with Crippen LogP contribution in [-0.4, -0.2) is 87.5 Å². The molecule has 0 aromatic rings. The topological polar surface area (TPSA) is 149 Å². The predicted octanol–water partition coefficient (Wildman–Crippen LogP) is 12.8. The summed E-state index contributed by atoms with van der Waals surface area (Å²) in [7, 11) is 0. The Morgan fingerprint density at radius 2 is 0.889 bits per heavy atom. The Bertz CT molecular complexity index is 997. The number of aliphatic hydroxyl groups is 5. The zero-order chi connectivity index (χ0) is 45.9. The second-order valence-corrected chi connectivity index (χ2v) is 19.4. The molecule has 1 aliphatic rings. The van der Waals surface area contributed by atoms with Crippen LogP contribution in [0.4, 0.5) is 0 Å². The van der Waals surface area contributed by atoms with Crippen LogP contribution in [0.5, 0.6) is 0 Å². The van der Waals surface area contributed by atoms with Crippen molar-refractivity contribution in [1.82, 2.24) is 5.32 Å². The van der Waals surface area contributed by atoms with Crippen molar-refractivity contribution in [2.24, 2.45) is 0 Å². The van der Waals surface area contributed by atoms with Gasteiger partial charge in [0.2, 0.25) is 5.91 Å². The van der Waals surface area contributed by atoms with Gasteiger partial charge >= 0.3 is 0 Å². The van der Waals surface area contributed by atoms with Gasteiger partial charge in [-0.2, -0.15) is 0 Å². The standard InChI is InChI=1S/C54H105NO8/c1-3-5-7-9-10-11-12-13-14-15-16-17-18-19-20-21-22-23-24-25-26-27-28-29-30-31-32-33-34-35-36-37-38-40-42-44-50(58)55-47(48(57)43-41-39-8-6-4-2)46-62-54-53(61)52(60)51(59)49(45-56)63-54/h15-16,47-49,51-54,56-57,59-61H,3-14,17-46H2,1-2H3,(H,55,58)/b16-15-. The van der Waals surface area contributed by atoms with Crippen LogP contribution < -0.4 is 5.32 Å². The van der Waals surface area contributed by atoms with E-state index in [1.165, 1.54) is 193 Å². The first-order valence-electron chi connectivity index (χ1n) is 27.4. The van der Waals surface area contributed by atoms with Crippen molar-refractivity contribution in [3.63, 3.8) is 0 Å². The van der Waals surface area contributed by atoms with Gasteiger partial charge < -0.3 is 40.3 Å². The van der Waals surface area contributed by atoms with E-state index in [2.05, 4.69) is 31.3 Å². The number of hydrogen-bond donors (Lipinski definition) is 6. The lowest BCUT2D eigenvalue weighted by molar-refractivity contribution is -0.302. The van der Waals surface area contributed by atoms with Crippen molar-refractivity contribution < 1.29 is 39.8 Å². The number of allylic oxidation sites excluding steroid dienone is 2. The quantitative estimate of drug-likeness (QED) is 0.0261. The molecule has 1 heterocycles. The molecule has 9 nitrogen and oxygen atoms in total. The monoisotopic (exact) mass is 896 g/mol. The van der Waals surface area contributed by atoms with Crippen LogP contribution >= 0.6 is 0 Å². The fraction of sp³-hybridized carbons (Fsp3) is 0.944. The van der Waals surface area contributed by atoms with Crippen molar-refractivity contribution >= 4 is 5.91 Å². The highest BCUT2D eigenvalue weighted by atomic mass is 16.7. The third-order valence-electron chi connectivity index (χ3n) is 13.4. The number of carbonyl (C=O) groups excluding carboxylic acids is 1. The van der Waals surface area contributed by atoms with E-state index in [0.29, 0.717) is 12.8 Å². The van der Waals surface area contributed by atoms with Gasteiger partial charge in [0.15, 0.2) is 6.29 Å². The van der Waals surface area contributed by atoms with E-state index in [0.717, 1.165) is 51.4 Å². The maximum Gasteiger partial charge on any atom is 0.220 e. The minimum atomic E-state index is -1.55. The highest BCUT2D eigenvalue weighted by Crippen LogP contribution is 2.23. The van der Waals surface area contributed by atoms with Gasteiger partial charge in [-0.3, -0.25) is 4.79 Å². The Labute approximate surface area is 388 Å². The fourth-order valence-electron chi connectivity index (χ4n) is 8.98. The molecule has 7 atom stereocenters. The first kappa shape index (κ1) is 59.9. The molecule has 7 unspecified atom stereocenters. The van der Waals surface area contributed by atoms with Gasteiger partial charge in [-0.25, -0.2) is 0 Å². The van der Waals surface area contributed by atoms with Crippen LogP contribution in [0.25, 0.3) is 0 Å². The van der Waals surface area contributed by atoms with Gasteiger partial charge in [0.1, 0.15) is 24.4 Å². The van der Waals surface area contributed by atoms with Gasteiger partial charge in [-0.1, -0.05) is 238 Å². The third-order valence-corrected chi connectivity index (χ3v) is 13.4. The van der Waals surface area contributed by atoms with Crippen molar-refractivity contribution in [3.8, 4) is 0 Å². The van der Waals surface area contributed by atoms with Crippen LogP contribution in [0.3, 0.4) is 0 Å². The zero-order valence-electron chi connectivity index (χ0n) is 41.4. The maximum absolute atomic E-state index is 12.9. The molecule has 0 saturated carbocycles. The van der Waals surface area contributed by atoms with Crippen LogP contribution in [0.1, 0.15) is 271 Å². The fourth-order valence-corrected chi connectivity index (χ4v) is 8.98. The van der Waals surface area contributed by atoms with Crippen molar-refractivity contribution in [2.45, 2.75) is 314 Å². The lowest BCUT2D eigenvalue weighted by Crippen LogP contribution is -2.60. The molecule has 63 heavy (non-hydrogen) atoms. The van der Waals surface area contributed by atoms with E-state index >= 15 is 0 Å². The SMILES string of the molecule is CCCCCCCCCC/C=C\CCCCCCCCCCCCCCCCCCCCCCCCCC(=O)NC(COC1OC(CO)C(O)C(O)C1O)C(O)CCCCCCC. The van der Waals surface area contributed by atoms with Gasteiger partial charge in [0, 0.05) is 6.42 Å². The number of rotatable bonds is 47. The second-order valence-electron chi connectivity index (χ2n) is 19.4. The Hall–Kier alpha value is -1.07. The van der Waals surface area contributed by atoms with Crippen LogP contribution in [0.2, 0.25) is 0 Å². The summed E-state index contributed by atoms with van der Waals surface area (Å²) in [4.78, 5) is 12.9. The van der Waals surface area contributed by atoms with E-state index < -0.39 is 49.5 Å². The predicted molar refractivity (Wildman–Crippen MR) is 263 cm³/mol. The third kappa shape index (κ3) is 34.8. The molecular formula is C54H105NO8. The van der Waals surface area contributed by atoms with E-state index in [1.807, 2.05) is 0 Å². The highest BCUT2D eigenvalue weighted by molar-refractivity contribution is 5.76. The minimum absolute atomic E-state index is 0.136. The molecule has 0 aromatic carbocycles. The lowest BCUT2D eigenvalue weighted by atomic mass is 9.99. The molecular weight excluding hydrogens is 791 g/mol. The highest BCUT2D eigenvalue weighted by Gasteiger charge is 2.44. The molecule has 0 spiro atoms. The molecule has 9 heteroatoms. The second kappa shape index (κ2) is 44.7. The van der Waals surface area contributed by atoms with E-state index in [1.54, 1.807) is 0 Å². The molecule has 6 N–H and O–H groups in total. The summed E-state index contributed by atoms with van der Waals surface area (Å²) < 4.78 is 11.2. The minimum Gasteiger partial charge on any atom is -0.394 e. The van der Waals surface area contributed by atoms with Crippen molar-refractivity contribution in [2.75, 3.05) is 13.2 Å². The number of amides is 1. The van der Waals surface area contributed by atoms with E-state index in [4.69, 9.17) is 9.47 Å². The summed E-state index contributed by atoms with van der Waals surface area (Å²) in [6.07, 6.45) is 47.6. The Kier molecular flexibility index (Phi) is 42.6. The molecule has 1 rings (SSSR count). The number of unbranched alkanes of at least 4 members (excludes halogenated alkanes) is 35. The summed E-state index contributed by atoms with van der Waals surface area (Å²) in [6.45, 7) is 3.76. The normalized spacial score (nSPS) is 20.1. The van der Waals surface area contributed by atoms with Gasteiger partial charge in [-0.05, 0) is 38.5 Å². The molecule has 0 bridgehead atoms. The van der Waals surface area contributed by atoms with Gasteiger partial charge in [-0.15, -0.1) is 0 Å². The van der Waals surface area contributed by atoms with Gasteiger partial charge in [0.05, 0.1) is 25.4 Å². The van der Waals surface area contributed by atoms with E-state index in [9.17, 15) is 30.3 Å². The first-order chi connectivity index (χ1) is 30.8. The summed E-state index contributed by atoms with van der Waals surface area (Å²) >= 11 is 0. The average molecular weight is 896 g/mol. The Morgan fingerprint density at radius 1 is 0.524 bits per heavy atom. The number of nitrogens with one attached hydrogen (secondary N) is 1. The zero-order valence-corrected chi connectivity index (χ0v) is 41.4. The summed E-state index contributed by atoms with van der Waals surface area (Å²) in [5, 5.41) is 54.0. The molecule has 374 valence electrons. The molecule has 1 saturated heterocycles. The Morgan fingerprint density at radius 3 is 1.29 bits per heavy atom. The summed E-state index contributed by atoms with van der Waals surface area (Å²) in [5.41, 5.74) is 0. The molecule has 1 fully saturated rings. The molecule has 0 radical (unpaired) electrons. The number of ether oxygens (including phenoxy) is 2.